The Morgan fingerprint density at radius 3 is 3.04 bits per heavy atom. The Balaban J connectivity index is 2.01. The zero-order chi connectivity index (χ0) is 16.4. The summed E-state index contributed by atoms with van der Waals surface area (Å²) in [5.41, 5.74) is 1.18. The monoisotopic (exact) mass is 310 g/mol. The van der Waals surface area contributed by atoms with Crippen molar-refractivity contribution in [3.8, 4) is 17.9 Å². The van der Waals surface area contributed by atoms with E-state index in [1.165, 1.54) is 6.42 Å². The molecule has 0 spiro atoms. The second-order valence-electron chi connectivity index (χ2n) is 6.62. The molecule has 0 aromatic heterocycles. The molecule has 1 unspecified atom stereocenters. The third kappa shape index (κ3) is 2.80. The number of hydrogen-bond acceptors (Lipinski definition) is 4. The molecular formula is C19H22N2O2. The maximum Gasteiger partial charge on any atom is 0.332 e. The predicted octanol–water partition coefficient (Wildman–Crippen LogP) is 2.72. The number of esters is 1. The minimum atomic E-state index is -0.613. The van der Waals surface area contributed by atoms with Gasteiger partial charge < -0.3 is 4.74 Å². The highest BCUT2D eigenvalue weighted by Gasteiger charge is 2.51. The van der Waals surface area contributed by atoms with Crippen LogP contribution in [0.25, 0.3) is 0 Å². The average molecular weight is 310 g/mol. The van der Waals surface area contributed by atoms with E-state index in [0.29, 0.717) is 12.8 Å². The van der Waals surface area contributed by atoms with Crippen LogP contribution in [0.15, 0.2) is 23.3 Å². The van der Waals surface area contributed by atoms with Gasteiger partial charge in [-0.2, -0.15) is 5.26 Å². The lowest BCUT2D eigenvalue weighted by Crippen LogP contribution is -2.55. The fourth-order valence-electron chi connectivity index (χ4n) is 3.99. The summed E-state index contributed by atoms with van der Waals surface area (Å²) in [5, 5.41) is 8.64. The van der Waals surface area contributed by atoms with E-state index in [2.05, 4.69) is 35.8 Å². The first-order chi connectivity index (χ1) is 11.1. The molecule has 23 heavy (non-hydrogen) atoms. The summed E-state index contributed by atoms with van der Waals surface area (Å²) in [7, 11) is 0. The predicted molar refractivity (Wildman–Crippen MR) is 87.1 cm³/mol. The van der Waals surface area contributed by atoms with Gasteiger partial charge in [0.05, 0.1) is 12.1 Å². The Morgan fingerprint density at radius 1 is 1.43 bits per heavy atom. The SMILES string of the molecule is C[C@H]1C=C(C#CCCC#N)C2=CC(=O)O[C@]2(C)C2CCCCN21. The zero-order valence-electron chi connectivity index (χ0n) is 13.8. The van der Waals surface area contributed by atoms with Gasteiger partial charge in [-0.05, 0) is 33.2 Å². The van der Waals surface area contributed by atoms with Crippen LogP contribution >= 0.6 is 0 Å². The van der Waals surface area contributed by atoms with Gasteiger partial charge in [-0.3, -0.25) is 4.90 Å². The third-order valence-corrected chi connectivity index (χ3v) is 5.10. The van der Waals surface area contributed by atoms with E-state index in [1.54, 1.807) is 6.08 Å². The van der Waals surface area contributed by atoms with Gasteiger partial charge in [0.15, 0.2) is 5.60 Å². The number of carbonyl (C=O) groups excluding carboxylic acids is 1. The molecule has 0 aromatic rings. The molecular weight excluding hydrogens is 288 g/mol. The summed E-state index contributed by atoms with van der Waals surface area (Å²) < 4.78 is 5.77. The number of carbonyl (C=O) groups is 1. The largest absolute Gasteiger partial charge is 0.450 e. The molecule has 0 N–H and O–H groups in total. The van der Waals surface area contributed by atoms with Crippen LogP contribution in [0, 0.1) is 23.2 Å². The Labute approximate surface area is 137 Å². The van der Waals surface area contributed by atoms with Crippen LogP contribution in [0.1, 0.15) is 46.0 Å². The van der Waals surface area contributed by atoms with E-state index in [1.807, 2.05) is 6.92 Å². The molecule has 3 aliphatic heterocycles. The summed E-state index contributed by atoms with van der Waals surface area (Å²) in [6.45, 7) is 5.23. The van der Waals surface area contributed by atoms with Crippen LogP contribution in [-0.2, 0) is 9.53 Å². The maximum atomic E-state index is 12.0. The Hall–Kier alpha value is -2.04. The zero-order valence-corrected chi connectivity index (χ0v) is 13.8. The summed E-state index contributed by atoms with van der Waals surface area (Å²) >= 11 is 0. The lowest BCUT2D eigenvalue weighted by molar-refractivity contribution is -0.151. The number of fused-ring (bicyclic) bond motifs is 3. The van der Waals surface area contributed by atoms with E-state index in [4.69, 9.17) is 10.00 Å². The number of hydrogen-bond donors (Lipinski definition) is 0. The maximum absolute atomic E-state index is 12.0. The van der Waals surface area contributed by atoms with Crippen LogP contribution in [0.2, 0.25) is 0 Å². The first-order valence-corrected chi connectivity index (χ1v) is 8.35. The number of nitriles is 1. The molecule has 3 aliphatic rings. The van der Waals surface area contributed by atoms with Crippen LogP contribution in [0.3, 0.4) is 0 Å². The molecule has 0 aromatic carbocycles. The summed E-state index contributed by atoms with van der Waals surface area (Å²) in [4.78, 5) is 14.4. The fourth-order valence-corrected chi connectivity index (χ4v) is 3.99. The molecule has 4 heteroatoms. The molecule has 0 amide bonds. The Morgan fingerprint density at radius 2 is 2.26 bits per heavy atom. The van der Waals surface area contributed by atoms with Crippen molar-refractivity contribution in [3.05, 3.63) is 23.3 Å². The first kappa shape index (κ1) is 15.8. The second-order valence-corrected chi connectivity index (χ2v) is 6.62. The van der Waals surface area contributed by atoms with Gasteiger partial charge >= 0.3 is 5.97 Å². The topological polar surface area (TPSA) is 53.3 Å². The lowest BCUT2D eigenvalue weighted by atomic mass is 9.81. The van der Waals surface area contributed by atoms with E-state index < -0.39 is 5.60 Å². The highest BCUT2D eigenvalue weighted by molar-refractivity contribution is 5.89. The van der Waals surface area contributed by atoms with Crippen molar-refractivity contribution in [2.45, 2.75) is 63.6 Å². The number of piperidine rings is 1. The van der Waals surface area contributed by atoms with Crippen LogP contribution < -0.4 is 0 Å². The van der Waals surface area contributed by atoms with Gasteiger partial charge in [-0.1, -0.05) is 24.3 Å². The molecule has 0 radical (unpaired) electrons. The quantitative estimate of drug-likeness (QED) is 0.424. The first-order valence-electron chi connectivity index (χ1n) is 8.35. The molecule has 3 heterocycles. The highest BCUT2D eigenvalue weighted by atomic mass is 16.6. The van der Waals surface area contributed by atoms with E-state index in [0.717, 1.165) is 30.5 Å². The van der Waals surface area contributed by atoms with Crippen molar-refractivity contribution < 1.29 is 9.53 Å². The molecule has 4 nitrogen and oxygen atoms in total. The van der Waals surface area contributed by atoms with Gasteiger partial charge in [0.2, 0.25) is 0 Å². The van der Waals surface area contributed by atoms with Gasteiger partial charge in [0.25, 0.3) is 0 Å². The highest BCUT2D eigenvalue weighted by Crippen LogP contribution is 2.44. The van der Waals surface area contributed by atoms with Crippen LogP contribution in [0.4, 0.5) is 0 Å². The molecule has 0 bridgehead atoms. The average Bonchev–Trinajstić information content (AvgIpc) is 2.82. The number of nitrogens with zero attached hydrogens (tertiary/aromatic N) is 2. The van der Waals surface area contributed by atoms with Gasteiger partial charge in [-0.25, -0.2) is 4.79 Å². The van der Waals surface area contributed by atoms with Gasteiger partial charge in [0.1, 0.15) is 0 Å². The third-order valence-electron chi connectivity index (χ3n) is 5.10. The van der Waals surface area contributed by atoms with Crippen molar-refractivity contribution in [3.63, 3.8) is 0 Å². The summed E-state index contributed by atoms with van der Waals surface area (Å²) in [5.74, 6) is 5.98. The number of ether oxygens (including phenoxy) is 1. The fraction of sp³-hybridized carbons (Fsp3) is 0.579. The van der Waals surface area contributed by atoms with Crippen molar-refractivity contribution in [1.29, 1.82) is 5.26 Å². The molecule has 1 fully saturated rings. The summed E-state index contributed by atoms with van der Waals surface area (Å²) in [6, 6.07) is 2.58. The Bertz CT molecular complexity index is 674. The molecule has 3 rings (SSSR count). The lowest BCUT2D eigenvalue weighted by Gasteiger charge is -2.45. The van der Waals surface area contributed by atoms with E-state index >= 15 is 0 Å². The van der Waals surface area contributed by atoms with Crippen LogP contribution in [0.5, 0.6) is 0 Å². The van der Waals surface area contributed by atoms with E-state index in [-0.39, 0.29) is 18.1 Å². The van der Waals surface area contributed by atoms with Crippen molar-refractivity contribution >= 4 is 5.97 Å². The van der Waals surface area contributed by atoms with Gasteiger partial charge in [-0.15, -0.1) is 0 Å². The summed E-state index contributed by atoms with van der Waals surface area (Å²) in [6.07, 6.45) is 8.11. The molecule has 0 aliphatic carbocycles. The smallest absolute Gasteiger partial charge is 0.332 e. The standard InChI is InChI=1S/C19H22N2O2/c1-14-12-15(8-4-3-6-10-20)16-13-18(22)23-19(16,2)17-9-5-7-11-21(14)17/h12-14,17H,3,5-7,9,11H2,1-2H3/t14-,17?,19-/m0/s1. The van der Waals surface area contributed by atoms with E-state index in [9.17, 15) is 4.79 Å². The molecule has 3 atom stereocenters. The number of unbranched alkanes of at least 4 members (excludes halogenated alkanes) is 1. The number of rotatable bonds is 1. The minimum absolute atomic E-state index is 0.207. The molecule has 0 saturated carbocycles. The molecule has 120 valence electrons. The second kappa shape index (κ2) is 6.22. The van der Waals surface area contributed by atoms with Crippen LogP contribution in [-0.4, -0.2) is 35.1 Å². The van der Waals surface area contributed by atoms with Crippen molar-refractivity contribution in [1.82, 2.24) is 4.90 Å². The minimum Gasteiger partial charge on any atom is -0.450 e. The van der Waals surface area contributed by atoms with Crippen molar-refractivity contribution in [2.24, 2.45) is 0 Å². The molecule has 1 saturated heterocycles. The van der Waals surface area contributed by atoms with Gasteiger partial charge in [0, 0.05) is 36.1 Å². The van der Waals surface area contributed by atoms with Crippen molar-refractivity contribution in [2.75, 3.05) is 6.54 Å². The Kier molecular flexibility index (Phi) is 4.28. The normalized spacial score (nSPS) is 33.0.